The Labute approximate surface area is 184 Å². The second kappa shape index (κ2) is 8.85. The first-order valence-corrected chi connectivity index (χ1v) is 11.6. The van der Waals surface area contributed by atoms with Crippen molar-refractivity contribution in [2.24, 2.45) is 0 Å². The molecule has 1 saturated heterocycles. The first-order valence-electron chi connectivity index (χ1n) is 11.6. The molecule has 2 aromatic carbocycles. The molecule has 5 rings (SSSR count). The highest BCUT2D eigenvalue weighted by atomic mass is 16.5. The molecule has 1 fully saturated rings. The number of ether oxygens (including phenoxy) is 1. The van der Waals surface area contributed by atoms with E-state index >= 15 is 0 Å². The van der Waals surface area contributed by atoms with Crippen LogP contribution < -0.4 is 10.6 Å². The Kier molecular flexibility index (Phi) is 5.79. The number of benzene rings is 2. The quantitative estimate of drug-likeness (QED) is 0.550. The van der Waals surface area contributed by atoms with Gasteiger partial charge in [0.1, 0.15) is 12.4 Å². The summed E-state index contributed by atoms with van der Waals surface area (Å²) in [5.41, 5.74) is 5.94. The Morgan fingerprint density at radius 3 is 2.94 bits per heavy atom. The van der Waals surface area contributed by atoms with Gasteiger partial charge >= 0.3 is 0 Å². The third-order valence-corrected chi connectivity index (χ3v) is 6.79. The van der Waals surface area contributed by atoms with Crippen LogP contribution >= 0.6 is 0 Å². The zero-order valence-corrected chi connectivity index (χ0v) is 18.2. The molecule has 0 spiro atoms. The summed E-state index contributed by atoms with van der Waals surface area (Å²) in [5.74, 6) is 0.623. The largest absolute Gasteiger partial charge is 0.487 e. The van der Waals surface area contributed by atoms with Gasteiger partial charge in [-0.1, -0.05) is 42.8 Å². The van der Waals surface area contributed by atoms with Crippen LogP contribution in [0, 0.1) is 0 Å². The van der Waals surface area contributed by atoms with Gasteiger partial charge in [0.25, 0.3) is 5.91 Å². The summed E-state index contributed by atoms with van der Waals surface area (Å²) in [7, 11) is 0. The molecule has 0 aliphatic carbocycles. The minimum absolute atomic E-state index is 0.0830. The van der Waals surface area contributed by atoms with Gasteiger partial charge in [0.05, 0.1) is 5.57 Å². The van der Waals surface area contributed by atoms with Crippen LogP contribution in [0.15, 0.2) is 42.5 Å². The third kappa shape index (κ3) is 4.12. The van der Waals surface area contributed by atoms with E-state index in [1.165, 1.54) is 36.9 Å². The Morgan fingerprint density at radius 2 is 2.03 bits per heavy atom. The van der Waals surface area contributed by atoms with Crippen molar-refractivity contribution in [3.05, 3.63) is 64.7 Å². The monoisotopic (exact) mass is 417 g/mol. The number of hydrogen-bond acceptors (Lipinski definition) is 4. The van der Waals surface area contributed by atoms with Crippen molar-refractivity contribution in [3.63, 3.8) is 0 Å². The number of nitrogens with one attached hydrogen (secondary N) is 2. The SMILES string of the molecule is CC1CCCCN1CCNCCc1ccc2c(c1)CO/C2=C1/C(=O)Nc2ccccc21. The fraction of sp³-hybridized carbons (Fsp3) is 0.423. The lowest BCUT2D eigenvalue weighted by molar-refractivity contribution is -0.110. The summed E-state index contributed by atoms with van der Waals surface area (Å²) >= 11 is 0. The number of fused-ring (bicyclic) bond motifs is 2. The van der Waals surface area contributed by atoms with E-state index in [9.17, 15) is 4.79 Å². The molecule has 0 radical (unpaired) electrons. The molecular formula is C26H31N3O2. The van der Waals surface area contributed by atoms with Gasteiger partial charge in [-0.2, -0.15) is 0 Å². The van der Waals surface area contributed by atoms with E-state index in [1.807, 2.05) is 24.3 Å². The maximum Gasteiger partial charge on any atom is 0.260 e. The fourth-order valence-corrected chi connectivity index (χ4v) is 4.99. The van der Waals surface area contributed by atoms with Crippen molar-refractivity contribution in [1.29, 1.82) is 0 Å². The molecule has 3 heterocycles. The molecule has 5 heteroatoms. The molecule has 162 valence electrons. The topological polar surface area (TPSA) is 53.6 Å². The summed E-state index contributed by atoms with van der Waals surface area (Å²) < 4.78 is 6.01. The van der Waals surface area contributed by atoms with Gasteiger partial charge < -0.3 is 15.4 Å². The highest BCUT2D eigenvalue weighted by Gasteiger charge is 2.32. The number of nitrogens with zero attached hydrogens (tertiary/aromatic N) is 1. The summed E-state index contributed by atoms with van der Waals surface area (Å²) in [5, 5.41) is 6.55. The van der Waals surface area contributed by atoms with Gasteiger partial charge in [0, 0.05) is 41.5 Å². The number of likely N-dealkylation sites (tertiary alicyclic amines) is 1. The van der Waals surface area contributed by atoms with E-state index < -0.39 is 0 Å². The van der Waals surface area contributed by atoms with E-state index in [0.717, 1.165) is 48.9 Å². The van der Waals surface area contributed by atoms with Crippen LogP contribution in [0.4, 0.5) is 5.69 Å². The van der Waals surface area contributed by atoms with E-state index in [-0.39, 0.29) is 5.91 Å². The van der Waals surface area contributed by atoms with E-state index in [4.69, 9.17) is 4.74 Å². The summed E-state index contributed by atoms with van der Waals surface area (Å²) in [6.07, 6.45) is 5.05. The van der Waals surface area contributed by atoms with Crippen LogP contribution in [-0.2, 0) is 22.6 Å². The van der Waals surface area contributed by atoms with Crippen LogP contribution in [0.1, 0.15) is 48.4 Å². The van der Waals surface area contributed by atoms with Gasteiger partial charge in [-0.15, -0.1) is 0 Å². The summed E-state index contributed by atoms with van der Waals surface area (Å²) in [6.45, 7) is 7.28. The van der Waals surface area contributed by atoms with Gasteiger partial charge in [-0.3, -0.25) is 9.69 Å². The zero-order chi connectivity index (χ0) is 21.2. The Hall–Kier alpha value is -2.63. The molecule has 31 heavy (non-hydrogen) atoms. The van der Waals surface area contributed by atoms with Crippen molar-refractivity contribution in [2.45, 2.75) is 45.3 Å². The van der Waals surface area contributed by atoms with Crippen molar-refractivity contribution < 1.29 is 9.53 Å². The first kappa shape index (κ1) is 20.3. The number of carbonyl (C=O) groups is 1. The second-order valence-corrected chi connectivity index (χ2v) is 8.86. The predicted molar refractivity (Wildman–Crippen MR) is 125 cm³/mol. The smallest absolute Gasteiger partial charge is 0.260 e. The fourth-order valence-electron chi connectivity index (χ4n) is 4.99. The molecule has 0 aromatic heterocycles. The molecular weight excluding hydrogens is 386 g/mol. The number of piperidine rings is 1. The first-order chi connectivity index (χ1) is 15.2. The maximum atomic E-state index is 12.6. The van der Waals surface area contributed by atoms with Crippen molar-refractivity contribution in [1.82, 2.24) is 10.2 Å². The number of hydrogen-bond donors (Lipinski definition) is 2. The minimum atomic E-state index is -0.0830. The van der Waals surface area contributed by atoms with Crippen LogP contribution in [0.5, 0.6) is 0 Å². The highest BCUT2D eigenvalue weighted by Crippen LogP contribution is 2.41. The lowest BCUT2D eigenvalue weighted by Gasteiger charge is -2.33. The van der Waals surface area contributed by atoms with Crippen molar-refractivity contribution >= 4 is 22.9 Å². The number of amides is 1. The average molecular weight is 418 g/mol. The van der Waals surface area contributed by atoms with Crippen LogP contribution in [0.3, 0.4) is 0 Å². The van der Waals surface area contributed by atoms with E-state index in [2.05, 4.69) is 40.7 Å². The lowest BCUT2D eigenvalue weighted by atomic mass is 9.98. The number of para-hydroxylation sites is 1. The molecule has 3 aliphatic rings. The van der Waals surface area contributed by atoms with Gasteiger partial charge in [0.15, 0.2) is 0 Å². The zero-order valence-electron chi connectivity index (χ0n) is 18.2. The van der Waals surface area contributed by atoms with Crippen LogP contribution in [0.2, 0.25) is 0 Å². The third-order valence-electron chi connectivity index (χ3n) is 6.79. The number of carbonyl (C=O) groups excluding carboxylic acids is 1. The molecule has 5 nitrogen and oxygen atoms in total. The minimum Gasteiger partial charge on any atom is -0.487 e. The molecule has 3 aliphatic heterocycles. The summed E-state index contributed by atoms with van der Waals surface area (Å²) in [6, 6.07) is 15.0. The second-order valence-electron chi connectivity index (χ2n) is 8.86. The van der Waals surface area contributed by atoms with Gasteiger partial charge in [-0.05, 0) is 50.9 Å². The number of anilines is 1. The standard InChI is InChI=1S/C26H31N3O2/c1-18-6-4-5-14-29(18)15-13-27-12-11-19-9-10-21-20(16-19)17-31-25(21)24-22-7-2-3-8-23(22)28-26(24)30/h2-3,7-10,16,18,27H,4-6,11-15,17H2,1H3,(H,28,30)/b25-24+. The predicted octanol–water partition coefficient (Wildman–Crippen LogP) is 4.04. The van der Waals surface area contributed by atoms with Gasteiger partial charge in [-0.25, -0.2) is 0 Å². The number of rotatable bonds is 6. The van der Waals surface area contributed by atoms with Crippen LogP contribution in [-0.4, -0.2) is 43.0 Å². The molecule has 1 unspecified atom stereocenters. The summed E-state index contributed by atoms with van der Waals surface area (Å²) in [4.78, 5) is 15.2. The molecule has 2 N–H and O–H groups in total. The van der Waals surface area contributed by atoms with Crippen molar-refractivity contribution in [3.8, 4) is 0 Å². The molecule has 0 saturated carbocycles. The molecule has 1 amide bonds. The Bertz CT molecular complexity index is 1010. The maximum absolute atomic E-state index is 12.6. The Morgan fingerprint density at radius 1 is 1.13 bits per heavy atom. The van der Waals surface area contributed by atoms with Crippen LogP contribution in [0.25, 0.3) is 11.3 Å². The molecule has 2 aromatic rings. The van der Waals surface area contributed by atoms with E-state index in [1.54, 1.807) is 0 Å². The molecule has 0 bridgehead atoms. The normalized spacial score (nSPS) is 22.7. The highest BCUT2D eigenvalue weighted by molar-refractivity contribution is 6.36. The average Bonchev–Trinajstić information content (AvgIpc) is 3.33. The van der Waals surface area contributed by atoms with Gasteiger partial charge in [0.2, 0.25) is 0 Å². The van der Waals surface area contributed by atoms with E-state index in [0.29, 0.717) is 17.9 Å². The Balaban J connectivity index is 1.21. The lowest BCUT2D eigenvalue weighted by Crippen LogP contribution is -2.41. The van der Waals surface area contributed by atoms with Crippen molar-refractivity contribution in [2.75, 3.05) is 31.5 Å². The molecule has 1 atom stereocenters.